The summed E-state index contributed by atoms with van der Waals surface area (Å²) in [4.78, 5) is 27.8. The summed E-state index contributed by atoms with van der Waals surface area (Å²) < 4.78 is 5.36. The Morgan fingerprint density at radius 3 is 2.12 bits per heavy atom. The summed E-state index contributed by atoms with van der Waals surface area (Å²) in [5.74, 6) is 0.484. The zero-order chi connectivity index (χ0) is 22.8. The average molecular weight is 431 g/mol. The molecule has 3 aromatic carbocycles. The fraction of sp³-hybridized carbons (Fsp3) is 0.259. The number of nitrogens with one attached hydrogen (secondary N) is 1. The molecule has 0 bridgehead atoms. The molecule has 0 aromatic heterocycles. The van der Waals surface area contributed by atoms with Gasteiger partial charge >= 0.3 is 0 Å². The van der Waals surface area contributed by atoms with Crippen LogP contribution in [0.25, 0.3) is 0 Å². The highest BCUT2D eigenvalue weighted by Crippen LogP contribution is 2.17. The first-order chi connectivity index (χ1) is 15.6. The van der Waals surface area contributed by atoms with Gasteiger partial charge in [0.2, 0.25) is 11.8 Å². The van der Waals surface area contributed by atoms with E-state index in [4.69, 9.17) is 4.74 Å². The van der Waals surface area contributed by atoms with E-state index in [1.54, 1.807) is 18.9 Å². The molecular weight excluding hydrogens is 400 g/mol. The van der Waals surface area contributed by atoms with Gasteiger partial charge in [0.1, 0.15) is 11.8 Å². The van der Waals surface area contributed by atoms with Crippen molar-refractivity contribution in [3.8, 4) is 5.75 Å². The van der Waals surface area contributed by atoms with Crippen LogP contribution in [0.4, 0.5) is 0 Å². The van der Waals surface area contributed by atoms with Crippen LogP contribution in [-0.4, -0.2) is 29.9 Å². The van der Waals surface area contributed by atoms with E-state index < -0.39 is 6.04 Å². The molecule has 32 heavy (non-hydrogen) atoms. The first-order valence-corrected chi connectivity index (χ1v) is 10.9. The number of nitrogens with zero attached hydrogens (tertiary/aromatic N) is 1. The van der Waals surface area contributed by atoms with Gasteiger partial charge in [0.15, 0.2) is 0 Å². The fourth-order valence-electron chi connectivity index (χ4n) is 3.58. The second-order valence-corrected chi connectivity index (χ2v) is 7.70. The van der Waals surface area contributed by atoms with Gasteiger partial charge in [-0.25, -0.2) is 0 Å². The van der Waals surface area contributed by atoms with Crippen molar-refractivity contribution in [1.29, 1.82) is 0 Å². The third-order valence-electron chi connectivity index (χ3n) is 5.48. The minimum atomic E-state index is -0.604. The summed E-state index contributed by atoms with van der Waals surface area (Å²) in [6.45, 7) is 2.50. The van der Waals surface area contributed by atoms with Crippen LogP contribution in [-0.2, 0) is 29.1 Å². The molecule has 0 radical (unpaired) electrons. The Kier molecular flexibility index (Phi) is 8.44. The Morgan fingerprint density at radius 2 is 1.47 bits per heavy atom. The van der Waals surface area contributed by atoms with E-state index >= 15 is 0 Å². The molecular formula is C27H30N2O3. The predicted octanol–water partition coefficient (Wildman–Crippen LogP) is 4.36. The van der Waals surface area contributed by atoms with Gasteiger partial charge in [-0.3, -0.25) is 9.59 Å². The molecule has 0 spiro atoms. The lowest BCUT2D eigenvalue weighted by Gasteiger charge is -2.29. The standard InChI is InChI=1S/C27H30N2O3/c1-21(27(31)28-19-24-15-9-10-16-25(24)32-2)29(20-23-13-7-4-8-14-23)26(30)18-17-22-11-5-3-6-12-22/h3-16,21H,17-20H2,1-2H3,(H,28,31)/t21-/m1/s1. The van der Waals surface area contributed by atoms with Crippen molar-refractivity contribution in [2.24, 2.45) is 0 Å². The Hall–Kier alpha value is -3.60. The van der Waals surface area contributed by atoms with Crippen molar-refractivity contribution in [3.05, 3.63) is 102 Å². The lowest BCUT2D eigenvalue weighted by Crippen LogP contribution is -2.47. The SMILES string of the molecule is COc1ccccc1CNC(=O)[C@@H](C)N(Cc1ccccc1)C(=O)CCc1ccccc1. The Morgan fingerprint density at radius 1 is 0.875 bits per heavy atom. The first-order valence-electron chi connectivity index (χ1n) is 10.9. The maximum atomic E-state index is 13.2. The molecule has 0 aliphatic heterocycles. The van der Waals surface area contributed by atoms with Gasteiger partial charge in [0.25, 0.3) is 0 Å². The van der Waals surface area contributed by atoms with Crippen LogP contribution >= 0.6 is 0 Å². The number of carbonyl (C=O) groups excluding carboxylic acids is 2. The molecule has 2 amide bonds. The molecule has 0 unspecified atom stereocenters. The van der Waals surface area contributed by atoms with E-state index in [1.807, 2.05) is 84.9 Å². The normalized spacial score (nSPS) is 11.4. The van der Waals surface area contributed by atoms with Crippen molar-refractivity contribution < 1.29 is 14.3 Å². The van der Waals surface area contributed by atoms with Crippen molar-refractivity contribution >= 4 is 11.8 Å². The van der Waals surface area contributed by atoms with Crippen LogP contribution in [0.1, 0.15) is 30.0 Å². The molecule has 3 aromatic rings. The Balaban J connectivity index is 1.69. The molecule has 0 aliphatic carbocycles. The smallest absolute Gasteiger partial charge is 0.242 e. The number of benzene rings is 3. The zero-order valence-electron chi connectivity index (χ0n) is 18.7. The lowest BCUT2D eigenvalue weighted by molar-refractivity contribution is -0.140. The number of ether oxygens (including phenoxy) is 1. The molecule has 0 fully saturated rings. The number of para-hydroxylation sites is 1. The van der Waals surface area contributed by atoms with E-state index in [2.05, 4.69) is 5.32 Å². The minimum absolute atomic E-state index is 0.0438. The molecule has 3 rings (SSSR count). The van der Waals surface area contributed by atoms with Crippen LogP contribution in [0.2, 0.25) is 0 Å². The Bertz CT molecular complexity index is 1010. The molecule has 166 valence electrons. The van der Waals surface area contributed by atoms with Crippen LogP contribution < -0.4 is 10.1 Å². The van der Waals surface area contributed by atoms with Gasteiger partial charge < -0.3 is 15.0 Å². The van der Waals surface area contributed by atoms with Crippen molar-refractivity contribution in [2.45, 2.75) is 38.9 Å². The van der Waals surface area contributed by atoms with E-state index in [-0.39, 0.29) is 11.8 Å². The minimum Gasteiger partial charge on any atom is -0.496 e. The van der Waals surface area contributed by atoms with E-state index in [0.29, 0.717) is 25.9 Å². The van der Waals surface area contributed by atoms with Gasteiger partial charge in [0, 0.05) is 25.1 Å². The van der Waals surface area contributed by atoms with Gasteiger partial charge in [-0.05, 0) is 30.5 Å². The molecule has 0 aliphatic rings. The lowest BCUT2D eigenvalue weighted by atomic mass is 10.1. The van der Waals surface area contributed by atoms with Gasteiger partial charge in [0.05, 0.1) is 7.11 Å². The largest absolute Gasteiger partial charge is 0.496 e. The van der Waals surface area contributed by atoms with Crippen LogP contribution in [0.3, 0.4) is 0 Å². The summed E-state index contributed by atoms with van der Waals surface area (Å²) in [5.41, 5.74) is 2.99. The summed E-state index contributed by atoms with van der Waals surface area (Å²) in [5, 5.41) is 2.96. The summed E-state index contributed by atoms with van der Waals surface area (Å²) in [6, 6.07) is 26.6. The van der Waals surface area contributed by atoms with Gasteiger partial charge in [-0.2, -0.15) is 0 Å². The van der Waals surface area contributed by atoms with Crippen LogP contribution in [0, 0.1) is 0 Å². The van der Waals surface area contributed by atoms with E-state index in [0.717, 1.165) is 22.4 Å². The maximum absolute atomic E-state index is 13.2. The summed E-state index contributed by atoms with van der Waals surface area (Å²) in [6.07, 6.45) is 0.988. The summed E-state index contributed by atoms with van der Waals surface area (Å²) in [7, 11) is 1.61. The monoisotopic (exact) mass is 430 g/mol. The third kappa shape index (κ3) is 6.45. The number of hydrogen-bond donors (Lipinski definition) is 1. The third-order valence-corrected chi connectivity index (χ3v) is 5.48. The zero-order valence-corrected chi connectivity index (χ0v) is 18.7. The molecule has 1 N–H and O–H groups in total. The average Bonchev–Trinajstić information content (AvgIpc) is 2.85. The number of amides is 2. The maximum Gasteiger partial charge on any atom is 0.242 e. The highest BCUT2D eigenvalue weighted by Gasteiger charge is 2.26. The van der Waals surface area contributed by atoms with Crippen molar-refractivity contribution in [1.82, 2.24) is 10.2 Å². The number of rotatable bonds is 10. The highest BCUT2D eigenvalue weighted by atomic mass is 16.5. The quantitative estimate of drug-likeness (QED) is 0.520. The number of aryl methyl sites for hydroxylation is 1. The second-order valence-electron chi connectivity index (χ2n) is 7.70. The number of hydrogen-bond acceptors (Lipinski definition) is 3. The molecule has 0 saturated carbocycles. The van der Waals surface area contributed by atoms with E-state index in [1.165, 1.54) is 0 Å². The summed E-state index contributed by atoms with van der Waals surface area (Å²) >= 11 is 0. The first kappa shape index (κ1) is 23.1. The molecule has 0 saturated heterocycles. The van der Waals surface area contributed by atoms with Crippen LogP contribution in [0.15, 0.2) is 84.9 Å². The topological polar surface area (TPSA) is 58.6 Å². The fourth-order valence-corrected chi connectivity index (χ4v) is 3.58. The molecule has 0 heterocycles. The van der Waals surface area contributed by atoms with Gasteiger partial charge in [-0.15, -0.1) is 0 Å². The molecule has 5 heteroatoms. The van der Waals surface area contributed by atoms with Gasteiger partial charge in [-0.1, -0.05) is 78.9 Å². The number of methoxy groups -OCH3 is 1. The highest BCUT2D eigenvalue weighted by molar-refractivity contribution is 5.87. The van der Waals surface area contributed by atoms with E-state index in [9.17, 15) is 9.59 Å². The predicted molar refractivity (Wildman–Crippen MR) is 126 cm³/mol. The van der Waals surface area contributed by atoms with Crippen LogP contribution in [0.5, 0.6) is 5.75 Å². The van der Waals surface area contributed by atoms with Crippen molar-refractivity contribution in [2.75, 3.05) is 7.11 Å². The second kappa shape index (κ2) is 11.7. The number of carbonyl (C=O) groups is 2. The van der Waals surface area contributed by atoms with Crippen molar-refractivity contribution in [3.63, 3.8) is 0 Å². The Labute approximate surface area is 190 Å². The molecule has 1 atom stereocenters. The molecule has 5 nitrogen and oxygen atoms in total.